The van der Waals surface area contributed by atoms with Crippen molar-refractivity contribution in [2.45, 2.75) is 32.4 Å². The van der Waals surface area contributed by atoms with Gasteiger partial charge < -0.3 is 9.73 Å². The average Bonchev–Trinajstić information content (AvgIpc) is 2.56. The largest absolute Gasteiger partial charge is 0.469 e. The van der Waals surface area contributed by atoms with E-state index in [1.54, 1.807) is 6.26 Å². The Morgan fingerprint density at radius 2 is 2.38 bits per heavy atom. The van der Waals surface area contributed by atoms with E-state index in [1.165, 1.54) is 0 Å². The van der Waals surface area contributed by atoms with Gasteiger partial charge in [0, 0.05) is 18.5 Å². The van der Waals surface area contributed by atoms with Crippen LogP contribution in [0.5, 0.6) is 0 Å². The molecule has 1 N–H and O–H groups in total. The van der Waals surface area contributed by atoms with Crippen molar-refractivity contribution in [3.05, 3.63) is 36.8 Å². The Morgan fingerprint density at radius 3 is 2.92 bits per heavy atom. The molecule has 0 saturated heterocycles. The summed E-state index contributed by atoms with van der Waals surface area (Å²) in [6.45, 7) is 7.96. The van der Waals surface area contributed by atoms with Gasteiger partial charge in [0.2, 0.25) is 0 Å². The molecule has 0 fully saturated rings. The molecule has 0 bridgehead atoms. The lowest BCUT2D eigenvalue weighted by molar-refractivity contribution is 0.446. The highest BCUT2D eigenvalue weighted by atomic mass is 16.3. The molecule has 1 heterocycles. The summed E-state index contributed by atoms with van der Waals surface area (Å²) in [6.07, 6.45) is 4.53. The molecule has 0 amide bonds. The molecule has 0 spiro atoms. The predicted molar refractivity (Wildman–Crippen MR) is 54.7 cm³/mol. The summed E-state index contributed by atoms with van der Waals surface area (Å²) in [7, 11) is 0. The summed E-state index contributed by atoms with van der Waals surface area (Å²) in [6, 6.07) is 4.68. The van der Waals surface area contributed by atoms with Gasteiger partial charge in [0.1, 0.15) is 5.76 Å². The van der Waals surface area contributed by atoms with Crippen molar-refractivity contribution in [3.8, 4) is 0 Å². The Balaban J connectivity index is 2.33. The molecule has 2 unspecified atom stereocenters. The fraction of sp³-hybridized carbons (Fsp3) is 0.455. The summed E-state index contributed by atoms with van der Waals surface area (Å²) < 4.78 is 5.25. The van der Waals surface area contributed by atoms with Crippen LogP contribution in [0.3, 0.4) is 0 Å². The maximum atomic E-state index is 5.25. The molecule has 1 aromatic heterocycles. The third-order valence-corrected chi connectivity index (χ3v) is 1.99. The quantitative estimate of drug-likeness (QED) is 0.702. The number of hydrogen-bond donors (Lipinski definition) is 1. The van der Waals surface area contributed by atoms with E-state index in [2.05, 4.69) is 25.7 Å². The van der Waals surface area contributed by atoms with Crippen LogP contribution in [0.4, 0.5) is 0 Å². The van der Waals surface area contributed by atoms with E-state index in [4.69, 9.17) is 4.42 Å². The van der Waals surface area contributed by atoms with Gasteiger partial charge in [0.05, 0.1) is 6.26 Å². The van der Waals surface area contributed by atoms with Crippen molar-refractivity contribution in [2.24, 2.45) is 0 Å². The van der Waals surface area contributed by atoms with Gasteiger partial charge in [0.15, 0.2) is 0 Å². The van der Waals surface area contributed by atoms with Crippen molar-refractivity contribution in [3.63, 3.8) is 0 Å². The SMILES string of the molecule is C=CC(C)NC(C)Cc1ccco1. The summed E-state index contributed by atoms with van der Waals surface area (Å²) in [4.78, 5) is 0. The van der Waals surface area contributed by atoms with Crippen LogP contribution >= 0.6 is 0 Å². The normalized spacial score (nSPS) is 15.2. The Hall–Kier alpha value is -1.02. The molecule has 2 atom stereocenters. The smallest absolute Gasteiger partial charge is 0.105 e. The van der Waals surface area contributed by atoms with E-state index >= 15 is 0 Å². The van der Waals surface area contributed by atoms with E-state index in [9.17, 15) is 0 Å². The van der Waals surface area contributed by atoms with Crippen molar-refractivity contribution in [1.29, 1.82) is 0 Å². The first-order valence-electron chi connectivity index (χ1n) is 4.63. The van der Waals surface area contributed by atoms with Gasteiger partial charge in [-0.25, -0.2) is 0 Å². The van der Waals surface area contributed by atoms with E-state index in [1.807, 2.05) is 18.2 Å². The topological polar surface area (TPSA) is 25.2 Å². The van der Waals surface area contributed by atoms with E-state index < -0.39 is 0 Å². The summed E-state index contributed by atoms with van der Waals surface area (Å²) in [5, 5.41) is 3.39. The minimum Gasteiger partial charge on any atom is -0.469 e. The Bertz CT molecular complexity index is 241. The molecule has 1 rings (SSSR count). The van der Waals surface area contributed by atoms with Gasteiger partial charge in [-0.05, 0) is 26.0 Å². The maximum Gasteiger partial charge on any atom is 0.105 e. The molecular weight excluding hydrogens is 162 g/mol. The lowest BCUT2D eigenvalue weighted by Crippen LogP contribution is -2.34. The van der Waals surface area contributed by atoms with E-state index in [0.717, 1.165) is 12.2 Å². The first-order valence-corrected chi connectivity index (χ1v) is 4.63. The Labute approximate surface area is 79.6 Å². The first-order chi connectivity index (χ1) is 6.22. The van der Waals surface area contributed by atoms with Gasteiger partial charge in [-0.1, -0.05) is 6.08 Å². The minimum atomic E-state index is 0.352. The fourth-order valence-corrected chi connectivity index (χ4v) is 1.31. The second-order valence-electron chi connectivity index (χ2n) is 3.38. The first kappa shape index (κ1) is 10.1. The van der Waals surface area contributed by atoms with Crippen molar-refractivity contribution < 1.29 is 4.42 Å². The lowest BCUT2D eigenvalue weighted by Gasteiger charge is -2.15. The molecule has 0 aromatic carbocycles. The molecular formula is C11H17NO. The molecule has 1 aromatic rings. The minimum absolute atomic E-state index is 0.352. The summed E-state index contributed by atoms with van der Waals surface area (Å²) >= 11 is 0. The molecule has 0 radical (unpaired) electrons. The highest BCUT2D eigenvalue weighted by Gasteiger charge is 2.06. The highest BCUT2D eigenvalue weighted by Crippen LogP contribution is 2.04. The van der Waals surface area contributed by atoms with Crippen molar-refractivity contribution >= 4 is 0 Å². The fourth-order valence-electron chi connectivity index (χ4n) is 1.31. The zero-order valence-corrected chi connectivity index (χ0v) is 8.29. The Morgan fingerprint density at radius 1 is 1.62 bits per heavy atom. The van der Waals surface area contributed by atoms with Crippen LogP contribution in [0.1, 0.15) is 19.6 Å². The monoisotopic (exact) mass is 179 g/mol. The van der Waals surface area contributed by atoms with Crippen LogP contribution < -0.4 is 5.32 Å². The zero-order chi connectivity index (χ0) is 9.68. The average molecular weight is 179 g/mol. The van der Waals surface area contributed by atoms with Crippen LogP contribution in [0.2, 0.25) is 0 Å². The second kappa shape index (κ2) is 4.87. The van der Waals surface area contributed by atoms with Crippen LogP contribution in [0.15, 0.2) is 35.5 Å². The van der Waals surface area contributed by atoms with Gasteiger partial charge in [-0.2, -0.15) is 0 Å². The molecule has 0 saturated carbocycles. The highest BCUT2D eigenvalue weighted by molar-refractivity contribution is 5.00. The van der Waals surface area contributed by atoms with E-state index in [0.29, 0.717) is 12.1 Å². The van der Waals surface area contributed by atoms with Crippen molar-refractivity contribution in [1.82, 2.24) is 5.32 Å². The molecule has 13 heavy (non-hydrogen) atoms. The third-order valence-electron chi connectivity index (χ3n) is 1.99. The standard InChI is InChI=1S/C11H17NO/c1-4-9(2)12-10(3)8-11-6-5-7-13-11/h4-7,9-10,12H,1,8H2,2-3H3. The van der Waals surface area contributed by atoms with Crippen LogP contribution in [-0.4, -0.2) is 12.1 Å². The van der Waals surface area contributed by atoms with Crippen molar-refractivity contribution in [2.75, 3.05) is 0 Å². The number of hydrogen-bond acceptors (Lipinski definition) is 2. The number of rotatable bonds is 5. The summed E-state index contributed by atoms with van der Waals surface area (Å²) in [5.74, 6) is 1.02. The molecule has 0 aliphatic heterocycles. The maximum absolute atomic E-state index is 5.25. The Kier molecular flexibility index (Phi) is 3.77. The number of furan rings is 1. The van der Waals surface area contributed by atoms with Crippen LogP contribution in [-0.2, 0) is 6.42 Å². The van der Waals surface area contributed by atoms with Crippen LogP contribution in [0, 0.1) is 0 Å². The van der Waals surface area contributed by atoms with Gasteiger partial charge in [-0.3, -0.25) is 0 Å². The number of nitrogens with one attached hydrogen (secondary N) is 1. The van der Waals surface area contributed by atoms with E-state index in [-0.39, 0.29) is 0 Å². The van der Waals surface area contributed by atoms with Gasteiger partial charge in [0.25, 0.3) is 0 Å². The van der Waals surface area contributed by atoms with Gasteiger partial charge >= 0.3 is 0 Å². The lowest BCUT2D eigenvalue weighted by atomic mass is 10.1. The predicted octanol–water partition coefficient (Wildman–Crippen LogP) is 2.37. The third kappa shape index (κ3) is 3.47. The second-order valence-corrected chi connectivity index (χ2v) is 3.38. The van der Waals surface area contributed by atoms with Gasteiger partial charge in [-0.15, -0.1) is 6.58 Å². The van der Waals surface area contributed by atoms with Crippen LogP contribution in [0.25, 0.3) is 0 Å². The molecule has 0 aliphatic carbocycles. The molecule has 2 heteroatoms. The zero-order valence-electron chi connectivity index (χ0n) is 8.29. The molecule has 72 valence electrons. The summed E-state index contributed by atoms with van der Waals surface area (Å²) in [5.41, 5.74) is 0. The molecule has 0 aliphatic rings. The molecule has 2 nitrogen and oxygen atoms in total.